The first-order valence-corrected chi connectivity index (χ1v) is 11.1. The lowest BCUT2D eigenvalue weighted by atomic mass is 9.86. The normalized spacial score (nSPS) is 18.9. The van der Waals surface area contributed by atoms with Crippen LogP contribution in [0.5, 0.6) is 0 Å². The number of aryl methyl sites for hydroxylation is 1. The molecule has 3 N–H and O–H groups in total. The van der Waals surface area contributed by atoms with Crippen molar-refractivity contribution in [1.29, 1.82) is 0 Å². The number of carbonyl (C=O) groups is 2. The van der Waals surface area contributed by atoms with Gasteiger partial charge in [0.25, 0.3) is 0 Å². The minimum absolute atomic E-state index is 0.170. The monoisotopic (exact) mass is 430 g/mol. The molecule has 0 spiro atoms. The molecule has 3 heterocycles. The fourth-order valence-corrected chi connectivity index (χ4v) is 4.23. The lowest BCUT2D eigenvalue weighted by Crippen LogP contribution is -2.55. The summed E-state index contributed by atoms with van der Waals surface area (Å²) in [6.45, 7) is 10.1. The van der Waals surface area contributed by atoms with Gasteiger partial charge in [0.15, 0.2) is 0 Å². The number of carbonyl (C=O) groups excluding carboxylic acids is 2. The molecule has 2 amide bonds. The molecule has 3 rings (SSSR count). The molecule has 2 aromatic rings. The summed E-state index contributed by atoms with van der Waals surface area (Å²) >= 11 is 1.52. The van der Waals surface area contributed by atoms with Crippen molar-refractivity contribution in [2.75, 3.05) is 6.54 Å². The topological polar surface area (TPSA) is 114 Å². The van der Waals surface area contributed by atoms with Crippen LogP contribution in [0.25, 0.3) is 10.6 Å². The van der Waals surface area contributed by atoms with Gasteiger partial charge in [-0.15, -0.1) is 11.3 Å². The van der Waals surface area contributed by atoms with Gasteiger partial charge < -0.3 is 16.0 Å². The summed E-state index contributed by atoms with van der Waals surface area (Å²) in [6, 6.07) is -1.46. The number of aromatic nitrogens is 3. The zero-order valence-electron chi connectivity index (χ0n) is 18.2. The highest BCUT2D eigenvalue weighted by atomic mass is 32.1. The number of nitrogens with zero attached hydrogens (tertiary/aromatic N) is 4. The smallest absolute Gasteiger partial charge is 0.243 e. The summed E-state index contributed by atoms with van der Waals surface area (Å²) in [7, 11) is 0. The summed E-state index contributed by atoms with van der Waals surface area (Å²) in [4.78, 5) is 41.5. The van der Waals surface area contributed by atoms with Crippen molar-refractivity contribution in [2.45, 2.75) is 65.6 Å². The summed E-state index contributed by atoms with van der Waals surface area (Å²) in [5.41, 5.74) is 9.92. The molecule has 0 aliphatic carbocycles. The first-order valence-electron chi connectivity index (χ1n) is 10.2. The van der Waals surface area contributed by atoms with Crippen LogP contribution in [0.15, 0.2) is 17.9 Å². The molecule has 0 aromatic carbocycles. The van der Waals surface area contributed by atoms with Gasteiger partial charge in [-0.3, -0.25) is 19.6 Å². The predicted molar refractivity (Wildman–Crippen MR) is 117 cm³/mol. The van der Waals surface area contributed by atoms with E-state index < -0.39 is 12.1 Å². The Hall–Kier alpha value is -2.39. The summed E-state index contributed by atoms with van der Waals surface area (Å²) in [5.74, 6) is -0.351. The average molecular weight is 431 g/mol. The van der Waals surface area contributed by atoms with E-state index in [0.717, 1.165) is 22.7 Å². The molecule has 1 aliphatic heterocycles. The SMILES string of the molecule is Cc1ncsc1-c1cnc(C(C)NC(=O)[C@@H]2CCCN2C(=O)[C@@H](N)C(C)(C)C)cn1. The van der Waals surface area contributed by atoms with E-state index in [0.29, 0.717) is 18.7 Å². The number of hydrogen-bond donors (Lipinski definition) is 2. The summed E-state index contributed by atoms with van der Waals surface area (Å²) in [6.07, 6.45) is 4.80. The Morgan fingerprint density at radius 1 is 1.27 bits per heavy atom. The fourth-order valence-electron chi connectivity index (χ4n) is 3.46. The van der Waals surface area contributed by atoms with E-state index in [1.807, 2.05) is 34.6 Å². The lowest BCUT2D eigenvalue weighted by Gasteiger charge is -2.32. The van der Waals surface area contributed by atoms with Crippen LogP contribution in [0.4, 0.5) is 0 Å². The third-order valence-electron chi connectivity index (χ3n) is 5.49. The van der Waals surface area contributed by atoms with Crippen LogP contribution in [0.2, 0.25) is 0 Å². The van der Waals surface area contributed by atoms with Gasteiger partial charge in [0.1, 0.15) is 11.7 Å². The second-order valence-corrected chi connectivity index (χ2v) is 9.71. The molecule has 1 saturated heterocycles. The van der Waals surface area contributed by atoms with Crippen LogP contribution in [0, 0.1) is 12.3 Å². The fraction of sp³-hybridized carbons (Fsp3) is 0.571. The zero-order valence-corrected chi connectivity index (χ0v) is 19.0. The van der Waals surface area contributed by atoms with E-state index in [2.05, 4.69) is 20.3 Å². The quantitative estimate of drug-likeness (QED) is 0.753. The molecule has 0 saturated carbocycles. The van der Waals surface area contributed by atoms with Gasteiger partial charge in [0, 0.05) is 6.54 Å². The molecule has 30 heavy (non-hydrogen) atoms. The number of likely N-dealkylation sites (tertiary alicyclic amines) is 1. The summed E-state index contributed by atoms with van der Waals surface area (Å²) < 4.78 is 0. The maximum atomic E-state index is 12.9. The number of hydrogen-bond acceptors (Lipinski definition) is 7. The van der Waals surface area contributed by atoms with Gasteiger partial charge in [0.2, 0.25) is 11.8 Å². The average Bonchev–Trinajstić information content (AvgIpc) is 3.35. The third kappa shape index (κ3) is 4.67. The van der Waals surface area contributed by atoms with Gasteiger partial charge in [-0.1, -0.05) is 20.8 Å². The predicted octanol–water partition coefficient (Wildman–Crippen LogP) is 2.45. The largest absolute Gasteiger partial charge is 0.346 e. The van der Waals surface area contributed by atoms with Crippen molar-refractivity contribution in [3.63, 3.8) is 0 Å². The van der Waals surface area contributed by atoms with Crippen molar-refractivity contribution >= 4 is 23.2 Å². The highest BCUT2D eigenvalue weighted by Crippen LogP contribution is 2.26. The number of nitrogens with two attached hydrogens (primary N) is 1. The summed E-state index contributed by atoms with van der Waals surface area (Å²) in [5, 5.41) is 2.98. The van der Waals surface area contributed by atoms with Crippen LogP contribution >= 0.6 is 11.3 Å². The number of thiazole rings is 1. The molecule has 0 radical (unpaired) electrons. The Morgan fingerprint density at radius 2 is 2.00 bits per heavy atom. The molecule has 9 heteroatoms. The second-order valence-electron chi connectivity index (χ2n) is 8.86. The molecule has 8 nitrogen and oxygen atoms in total. The number of nitrogens with one attached hydrogen (secondary N) is 1. The Kier molecular flexibility index (Phi) is 6.52. The van der Waals surface area contributed by atoms with Gasteiger partial charge >= 0.3 is 0 Å². The third-order valence-corrected chi connectivity index (χ3v) is 6.44. The molecule has 2 aromatic heterocycles. The van der Waals surface area contributed by atoms with Crippen molar-refractivity contribution in [1.82, 2.24) is 25.2 Å². The van der Waals surface area contributed by atoms with E-state index in [1.54, 1.807) is 22.8 Å². The van der Waals surface area contributed by atoms with E-state index in [4.69, 9.17) is 5.73 Å². The first-order chi connectivity index (χ1) is 14.1. The Bertz CT molecular complexity index is 905. The first kappa shape index (κ1) is 22.3. The molecule has 1 fully saturated rings. The van der Waals surface area contributed by atoms with Crippen molar-refractivity contribution in [2.24, 2.45) is 11.1 Å². The van der Waals surface area contributed by atoms with Crippen LogP contribution in [-0.4, -0.2) is 50.3 Å². The standard InChI is InChI=1S/C21H30N6O2S/c1-12(14-9-24-15(10-23-14)17-13(2)25-11-30-17)26-19(28)16-7-6-8-27(16)20(29)18(22)21(3,4)5/h9-12,16,18H,6-8,22H2,1-5H3,(H,26,28)/t12?,16-,18+/m0/s1. The van der Waals surface area contributed by atoms with E-state index in [9.17, 15) is 9.59 Å². The Morgan fingerprint density at radius 3 is 2.57 bits per heavy atom. The van der Waals surface area contributed by atoms with E-state index >= 15 is 0 Å². The second kappa shape index (κ2) is 8.77. The van der Waals surface area contributed by atoms with Crippen molar-refractivity contribution in [3.05, 3.63) is 29.3 Å². The lowest BCUT2D eigenvalue weighted by molar-refractivity contribution is -0.141. The maximum absolute atomic E-state index is 12.9. The molecule has 162 valence electrons. The zero-order chi connectivity index (χ0) is 22.1. The minimum Gasteiger partial charge on any atom is -0.346 e. The van der Waals surface area contributed by atoms with Gasteiger partial charge in [-0.05, 0) is 32.1 Å². The van der Waals surface area contributed by atoms with Gasteiger partial charge in [-0.25, -0.2) is 4.98 Å². The number of rotatable bonds is 5. The Labute approximate surface area is 181 Å². The molecular weight excluding hydrogens is 400 g/mol. The molecule has 1 unspecified atom stereocenters. The van der Waals surface area contributed by atoms with Crippen LogP contribution in [0.1, 0.15) is 58.0 Å². The molecule has 0 bridgehead atoms. The highest BCUT2D eigenvalue weighted by Gasteiger charge is 2.39. The highest BCUT2D eigenvalue weighted by molar-refractivity contribution is 7.13. The minimum atomic E-state index is -0.642. The number of amides is 2. The van der Waals surface area contributed by atoms with Gasteiger partial charge in [0.05, 0.1) is 46.3 Å². The van der Waals surface area contributed by atoms with Crippen LogP contribution in [-0.2, 0) is 9.59 Å². The molecule has 3 atom stereocenters. The molecule has 1 aliphatic rings. The Balaban J connectivity index is 1.66. The van der Waals surface area contributed by atoms with Crippen molar-refractivity contribution in [3.8, 4) is 10.6 Å². The van der Waals surface area contributed by atoms with Crippen LogP contribution < -0.4 is 11.1 Å². The van der Waals surface area contributed by atoms with Crippen LogP contribution in [0.3, 0.4) is 0 Å². The van der Waals surface area contributed by atoms with E-state index in [-0.39, 0.29) is 23.3 Å². The van der Waals surface area contributed by atoms with Gasteiger partial charge in [-0.2, -0.15) is 0 Å². The van der Waals surface area contributed by atoms with Crippen molar-refractivity contribution < 1.29 is 9.59 Å². The van der Waals surface area contributed by atoms with E-state index in [1.165, 1.54) is 11.3 Å². The maximum Gasteiger partial charge on any atom is 0.243 e. The molecular formula is C21H30N6O2S.